The van der Waals surface area contributed by atoms with Gasteiger partial charge in [0, 0.05) is 6.54 Å². The number of hydrazone groups is 1. The van der Waals surface area contributed by atoms with Crippen molar-refractivity contribution < 1.29 is 22.7 Å². The summed E-state index contributed by atoms with van der Waals surface area (Å²) >= 11 is 0. The molecule has 0 aromatic heterocycles. The van der Waals surface area contributed by atoms with Crippen LogP contribution < -0.4 is 19.8 Å². The first-order valence-corrected chi connectivity index (χ1v) is 13.9. The largest absolute Gasteiger partial charge is 0.484 e. The topological polar surface area (TPSA) is 117 Å². The molecule has 200 valence electrons. The van der Waals surface area contributed by atoms with E-state index in [-0.39, 0.29) is 12.5 Å². The molecule has 0 aliphatic carbocycles. The summed E-state index contributed by atoms with van der Waals surface area (Å²) in [6, 6.07) is 22.0. The SMILES string of the molecule is Cc1cccc(N(CC(=O)N/N=C/c2ccc(OCC(=O)NCCc3ccccc3)cc2)S(C)(=O)=O)c1C. The van der Waals surface area contributed by atoms with E-state index < -0.39 is 22.5 Å². The molecule has 0 atom stereocenters. The van der Waals surface area contributed by atoms with Gasteiger partial charge in [-0.05, 0) is 72.9 Å². The Hall–Kier alpha value is -4.18. The smallest absolute Gasteiger partial charge is 0.260 e. The van der Waals surface area contributed by atoms with Crippen LogP contribution in [0.2, 0.25) is 0 Å². The van der Waals surface area contributed by atoms with Gasteiger partial charge < -0.3 is 10.1 Å². The van der Waals surface area contributed by atoms with E-state index in [1.54, 1.807) is 36.4 Å². The normalized spacial score (nSPS) is 11.2. The summed E-state index contributed by atoms with van der Waals surface area (Å²) in [5, 5.41) is 6.75. The Morgan fingerprint density at radius 2 is 1.66 bits per heavy atom. The summed E-state index contributed by atoms with van der Waals surface area (Å²) in [6.07, 6.45) is 3.24. The number of ether oxygens (including phenoxy) is 1. The van der Waals surface area contributed by atoms with Gasteiger partial charge in [-0.2, -0.15) is 5.10 Å². The lowest BCUT2D eigenvalue weighted by Gasteiger charge is -2.23. The second kappa shape index (κ2) is 13.4. The minimum Gasteiger partial charge on any atom is -0.484 e. The zero-order chi connectivity index (χ0) is 27.5. The number of hydrogen-bond acceptors (Lipinski definition) is 6. The molecule has 0 spiro atoms. The number of carbonyl (C=O) groups is 2. The standard InChI is InChI=1S/C28H32N4O5S/c1-21-8-7-11-26(22(21)2)32(38(3,35)36)19-27(33)31-30-18-24-12-14-25(15-13-24)37-20-28(34)29-17-16-23-9-5-4-6-10-23/h4-15,18H,16-17,19-20H2,1-3H3,(H,29,34)(H,31,33)/b30-18+. The van der Waals surface area contributed by atoms with Crippen LogP contribution in [-0.2, 0) is 26.0 Å². The molecule has 0 unspecified atom stereocenters. The number of amides is 2. The van der Waals surface area contributed by atoms with Gasteiger partial charge in [0.1, 0.15) is 12.3 Å². The van der Waals surface area contributed by atoms with Crippen LogP contribution in [0.15, 0.2) is 77.9 Å². The molecule has 2 N–H and O–H groups in total. The molecule has 38 heavy (non-hydrogen) atoms. The van der Waals surface area contributed by atoms with E-state index in [9.17, 15) is 18.0 Å². The zero-order valence-corrected chi connectivity index (χ0v) is 22.5. The average molecular weight is 537 g/mol. The molecule has 9 nitrogen and oxygen atoms in total. The van der Waals surface area contributed by atoms with E-state index in [1.807, 2.05) is 50.2 Å². The lowest BCUT2D eigenvalue weighted by molar-refractivity contribution is -0.123. The second-order valence-electron chi connectivity index (χ2n) is 8.73. The molecule has 3 aromatic carbocycles. The van der Waals surface area contributed by atoms with Crippen LogP contribution in [0.5, 0.6) is 5.75 Å². The Bertz CT molecular complexity index is 1370. The fraction of sp³-hybridized carbons (Fsp3) is 0.250. The third kappa shape index (κ3) is 8.74. The first-order valence-electron chi connectivity index (χ1n) is 12.0. The van der Waals surface area contributed by atoms with Crippen molar-refractivity contribution in [2.45, 2.75) is 20.3 Å². The Kier molecular flexibility index (Phi) is 10.0. The van der Waals surface area contributed by atoms with Gasteiger partial charge in [-0.1, -0.05) is 42.5 Å². The van der Waals surface area contributed by atoms with Crippen LogP contribution in [-0.4, -0.2) is 52.4 Å². The minimum absolute atomic E-state index is 0.102. The predicted octanol–water partition coefficient (Wildman–Crippen LogP) is 2.96. The molecule has 3 aromatic rings. The molecule has 3 rings (SSSR count). The quantitative estimate of drug-likeness (QED) is 0.273. The molecule has 0 heterocycles. The van der Waals surface area contributed by atoms with Crippen molar-refractivity contribution in [3.63, 3.8) is 0 Å². The highest BCUT2D eigenvalue weighted by Crippen LogP contribution is 2.24. The van der Waals surface area contributed by atoms with Gasteiger partial charge in [-0.15, -0.1) is 0 Å². The highest BCUT2D eigenvalue weighted by Gasteiger charge is 2.22. The minimum atomic E-state index is -3.69. The number of benzene rings is 3. The Morgan fingerprint density at radius 1 is 0.947 bits per heavy atom. The molecule has 0 bridgehead atoms. The first kappa shape index (κ1) is 28.4. The maximum atomic E-state index is 12.4. The summed E-state index contributed by atoms with van der Waals surface area (Å²) in [7, 11) is -3.69. The van der Waals surface area contributed by atoms with Gasteiger partial charge in [0.2, 0.25) is 10.0 Å². The highest BCUT2D eigenvalue weighted by molar-refractivity contribution is 7.92. The number of aryl methyl sites for hydroxylation is 1. The van der Waals surface area contributed by atoms with Crippen LogP contribution in [0, 0.1) is 13.8 Å². The average Bonchev–Trinajstić information content (AvgIpc) is 2.89. The fourth-order valence-corrected chi connectivity index (χ4v) is 4.48. The van der Waals surface area contributed by atoms with Crippen molar-refractivity contribution >= 4 is 33.7 Å². The summed E-state index contributed by atoms with van der Waals surface area (Å²) in [5.74, 6) is -0.272. The Labute approximate surface area is 223 Å². The maximum Gasteiger partial charge on any atom is 0.260 e. The predicted molar refractivity (Wildman–Crippen MR) is 149 cm³/mol. The summed E-state index contributed by atoms with van der Waals surface area (Å²) < 4.78 is 31.2. The van der Waals surface area contributed by atoms with Gasteiger partial charge in [-0.3, -0.25) is 13.9 Å². The molecule has 0 aliphatic rings. The molecule has 0 aliphatic heterocycles. The number of anilines is 1. The fourth-order valence-electron chi connectivity index (χ4n) is 3.57. The van der Waals surface area contributed by atoms with E-state index in [0.717, 1.165) is 33.7 Å². The number of rotatable bonds is 12. The third-order valence-corrected chi connectivity index (χ3v) is 6.89. The molecule has 10 heteroatoms. The molecular formula is C28H32N4O5S. The molecule has 0 saturated heterocycles. The summed E-state index contributed by atoms with van der Waals surface area (Å²) in [4.78, 5) is 24.4. The molecule has 0 saturated carbocycles. The van der Waals surface area contributed by atoms with Gasteiger partial charge in [0.15, 0.2) is 6.61 Å². The second-order valence-corrected chi connectivity index (χ2v) is 10.6. The van der Waals surface area contributed by atoms with E-state index in [2.05, 4.69) is 15.8 Å². The number of sulfonamides is 1. The summed E-state index contributed by atoms with van der Waals surface area (Å²) in [6.45, 7) is 3.71. The van der Waals surface area contributed by atoms with Gasteiger partial charge >= 0.3 is 0 Å². The van der Waals surface area contributed by atoms with Crippen molar-refractivity contribution in [1.29, 1.82) is 0 Å². The number of nitrogens with one attached hydrogen (secondary N) is 2. The number of hydrogen-bond donors (Lipinski definition) is 2. The highest BCUT2D eigenvalue weighted by atomic mass is 32.2. The van der Waals surface area contributed by atoms with Crippen molar-refractivity contribution in [2.75, 3.05) is 30.3 Å². The van der Waals surface area contributed by atoms with E-state index in [1.165, 1.54) is 6.21 Å². The molecular weight excluding hydrogens is 504 g/mol. The maximum absolute atomic E-state index is 12.4. The van der Waals surface area contributed by atoms with Gasteiger partial charge in [-0.25, -0.2) is 13.8 Å². The van der Waals surface area contributed by atoms with E-state index in [4.69, 9.17) is 4.74 Å². The van der Waals surface area contributed by atoms with Gasteiger partial charge in [0.25, 0.3) is 11.8 Å². The number of carbonyl (C=O) groups excluding carboxylic acids is 2. The van der Waals surface area contributed by atoms with Crippen molar-refractivity contribution in [2.24, 2.45) is 5.10 Å². The van der Waals surface area contributed by atoms with Crippen LogP contribution >= 0.6 is 0 Å². The third-order valence-electron chi connectivity index (χ3n) is 5.76. The molecule has 0 radical (unpaired) electrons. The van der Waals surface area contributed by atoms with Crippen molar-refractivity contribution in [1.82, 2.24) is 10.7 Å². The van der Waals surface area contributed by atoms with Gasteiger partial charge in [0.05, 0.1) is 18.2 Å². The summed E-state index contributed by atoms with van der Waals surface area (Å²) in [5.41, 5.74) is 6.35. The van der Waals surface area contributed by atoms with E-state index in [0.29, 0.717) is 23.5 Å². The first-order chi connectivity index (χ1) is 18.1. The lowest BCUT2D eigenvalue weighted by Crippen LogP contribution is -2.39. The van der Waals surface area contributed by atoms with Crippen LogP contribution in [0.4, 0.5) is 5.69 Å². The zero-order valence-electron chi connectivity index (χ0n) is 21.7. The molecule has 2 amide bonds. The van der Waals surface area contributed by atoms with Crippen LogP contribution in [0.1, 0.15) is 22.3 Å². The monoisotopic (exact) mass is 536 g/mol. The molecule has 0 fully saturated rings. The van der Waals surface area contributed by atoms with Crippen LogP contribution in [0.3, 0.4) is 0 Å². The Morgan fingerprint density at radius 3 is 2.34 bits per heavy atom. The lowest BCUT2D eigenvalue weighted by atomic mass is 10.1. The van der Waals surface area contributed by atoms with Crippen molar-refractivity contribution in [3.8, 4) is 5.75 Å². The van der Waals surface area contributed by atoms with Crippen molar-refractivity contribution in [3.05, 3.63) is 95.1 Å². The number of nitrogens with zero attached hydrogens (tertiary/aromatic N) is 2. The van der Waals surface area contributed by atoms with E-state index >= 15 is 0 Å². The Balaban J connectivity index is 1.46. The van der Waals surface area contributed by atoms with Crippen LogP contribution in [0.25, 0.3) is 0 Å².